The topological polar surface area (TPSA) is 83.9 Å². The number of hydrogen-bond donors (Lipinski definition) is 1. The molecule has 0 fully saturated rings. The number of nitrogens with zero attached hydrogens (tertiary/aromatic N) is 4. The zero-order valence-corrected chi connectivity index (χ0v) is 11.3. The van der Waals surface area contributed by atoms with Gasteiger partial charge in [0.15, 0.2) is 0 Å². The first-order chi connectivity index (χ1) is 8.90. The van der Waals surface area contributed by atoms with Crippen molar-refractivity contribution in [3.8, 4) is 5.95 Å². The Kier molecular flexibility index (Phi) is 3.20. The molecule has 1 amide bonds. The van der Waals surface area contributed by atoms with E-state index in [0.717, 1.165) is 0 Å². The lowest BCUT2D eigenvalue weighted by Crippen LogP contribution is -2.22. The largest absolute Gasteiger partial charge is 0.345 e. The third kappa shape index (κ3) is 2.40. The van der Waals surface area contributed by atoms with Gasteiger partial charge in [-0.2, -0.15) is 5.10 Å². The number of aromatic nitrogens is 4. The molecule has 0 aromatic carbocycles. The van der Waals surface area contributed by atoms with Crippen LogP contribution in [0.1, 0.15) is 21.7 Å². The van der Waals surface area contributed by atoms with Crippen LogP contribution < -0.4 is 5.56 Å². The Morgan fingerprint density at radius 2 is 2.05 bits per heavy atom. The van der Waals surface area contributed by atoms with Gasteiger partial charge in [0.25, 0.3) is 11.5 Å². The van der Waals surface area contributed by atoms with Crippen LogP contribution in [-0.4, -0.2) is 44.7 Å². The fourth-order valence-corrected chi connectivity index (χ4v) is 1.74. The molecule has 2 aromatic heterocycles. The summed E-state index contributed by atoms with van der Waals surface area (Å²) in [5.41, 5.74) is 1.45. The predicted molar refractivity (Wildman–Crippen MR) is 69.5 cm³/mol. The molecule has 2 heterocycles. The average Bonchev–Trinajstić information content (AvgIpc) is 2.68. The summed E-state index contributed by atoms with van der Waals surface area (Å²) in [6.45, 7) is 3.48. The SMILES string of the molecule is Cc1cc(=O)[nH]c(-n2ncc(C(=O)N(C)C)c2C)n1. The molecule has 0 aliphatic heterocycles. The maximum Gasteiger partial charge on any atom is 0.256 e. The zero-order valence-electron chi connectivity index (χ0n) is 11.3. The monoisotopic (exact) mass is 261 g/mol. The fourth-order valence-electron chi connectivity index (χ4n) is 1.74. The van der Waals surface area contributed by atoms with Crippen LogP contribution in [0.5, 0.6) is 0 Å². The zero-order chi connectivity index (χ0) is 14.2. The van der Waals surface area contributed by atoms with Gasteiger partial charge >= 0.3 is 0 Å². The van der Waals surface area contributed by atoms with Crippen LogP contribution in [0.3, 0.4) is 0 Å². The summed E-state index contributed by atoms with van der Waals surface area (Å²) in [5, 5.41) is 4.11. The molecule has 7 nitrogen and oxygen atoms in total. The van der Waals surface area contributed by atoms with E-state index in [1.54, 1.807) is 27.9 Å². The number of hydrogen-bond acceptors (Lipinski definition) is 4. The molecular weight excluding hydrogens is 246 g/mol. The number of rotatable bonds is 2. The van der Waals surface area contributed by atoms with Crippen molar-refractivity contribution in [1.82, 2.24) is 24.6 Å². The van der Waals surface area contributed by atoms with Crippen molar-refractivity contribution < 1.29 is 4.79 Å². The van der Waals surface area contributed by atoms with Crippen LogP contribution in [0.2, 0.25) is 0 Å². The highest BCUT2D eigenvalue weighted by molar-refractivity contribution is 5.94. The van der Waals surface area contributed by atoms with Gasteiger partial charge in [-0.15, -0.1) is 0 Å². The average molecular weight is 261 g/mol. The molecule has 7 heteroatoms. The molecule has 0 saturated carbocycles. The summed E-state index contributed by atoms with van der Waals surface area (Å²) >= 11 is 0. The Balaban J connectivity index is 2.53. The standard InChI is InChI=1S/C12H15N5O2/c1-7-5-10(18)15-12(14-7)17-8(2)9(6-13-17)11(19)16(3)4/h5-6H,1-4H3,(H,14,15,18). The second-order valence-electron chi connectivity index (χ2n) is 4.47. The number of nitrogens with one attached hydrogen (secondary N) is 1. The Hall–Kier alpha value is -2.44. The van der Waals surface area contributed by atoms with E-state index in [-0.39, 0.29) is 11.5 Å². The first-order valence-electron chi connectivity index (χ1n) is 5.74. The number of carbonyl (C=O) groups excluding carboxylic acids is 1. The highest BCUT2D eigenvalue weighted by Gasteiger charge is 2.17. The molecule has 2 rings (SSSR count). The van der Waals surface area contributed by atoms with Crippen molar-refractivity contribution in [2.24, 2.45) is 0 Å². The molecule has 0 saturated heterocycles. The maximum absolute atomic E-state index is 11.9. The van der Waals surface area contributed by atoms with Crippen LogP contribution in [0.15, 0.2) is 17.1 Å². The lowest BCUT2D eigenvalue weighted by Gasteiger charge is -2.09. The number of aromatic amines is 1. The highest BCUT2D eigenvalue weighted by Crippen LogP contribution is 2.12. The van der Waals surface area contributed by atoms with Gasteiger partial charge in [0.05, 0.1) is 17.5 Å². The molecule has 0 spiro atoms. The predicted octanol–water partition coefficient (Wildman–Crippen LogP) is 0.274. The van der Waals surface area contributed by atoms with Gasteiger partial charge in [-0.1, -0.05) is 0 Å². The number of carbonyl (C=O) groups is 1. The Bertz CT molecular complexity index is 684. The fraction of sp³-hybridized carbons (Fsp3) is 0.333. The van der Waals surface area contributed by atoms with Crippen molar-refractivity contribution in [2.75, 3.05) is 14.1 Å². The second-order valence-corrected chi connectivity index (χ2v) is 4.47. The third-order valence-electron chi connectivity index (χ3n) is 2.70. The van der Waals surface area contributed by atoms with Crippen LogP contribution in [0, 0.1) is 13.8 Å². The van der Waals surface area contributed by atoms with E-state index in [9.17, 15) is 9.59 Å². The quantitative estimate of drug-likeness (QED) is 0.841. The summed E-state index contributed by atoms with van der Waals surface area (Å²) in [4.78, 5) is 31.6. The molecule has 0 bridgehead atoms. The van der Waals surface area contributed by atoms with E-state index in [2.05, 4.69) is 15.1 Å². The first kappa shape index (κ1) is 13.0. The van der Waals surface area contributed by atoms with E-state index < -0.39 is 0 Å². The van der Waals surface area contributed by atoms with Crippen LogP contribution in [0.4, 0.5) is 0 Å². The molecule has 1 N–H and O–H groups in total. The van der Waals surface area contributed by atoms with Gasteiger partial charge in [-0.25, -0.2) is 9.67 Å². The first-order valence-corrected chi connectivity index (χ1v) is 5.74. The van der Waals surface area contributed by atoms with Crippen molar-refractivity contribution in [2.45, 2.75) is 13.8 Å². The van der Waals surface area contributed by atoms with Gasteiger partial charge in [0.2, 0.25) is 5.95 Å². The van der Waals surface area contributed by atoms with Crippen molar-refractivity contribution >= 4 is 5.91 Å². The Morgan fingerprint density at radius 3 is 2.63 bits per heavy atom. The molecule has 0 aliphatic rings. The van der Waals surface area contributed by atoms with E-state index in [1.807, 2.05) is 0 Å². The van der Waals surface area contributed by atoms with Crippen molar-refractivity contribution in [1.29, 1.82) is 0 Å². The van der Waals surface area contributed by atoms with Gasteiger partial charge in [-0.05, 0) is 13.8 Å². The number of H-pyrrole nitrogens is 1. The van der Waals surface area contributed by atoms with Crippen LogP contribution in [-0.2, 0) is 0 Å². The summed E-state index contributed by atoms with van der Waals surface area (Å²) < 4.78 is 1.45. The maximum atomic E-state index is 11.9. The van der Waals surface area contributed by atoms with Gasteiger partial charge in [-0.3, -0.25) is 14.6 Å². The Morgan fingerprint density at radius 1 is 1.37 bits per heavy atom. The lowest BCUT2D eigenvalue weighted by molar-refractivity contribution is 0.0827. The van der Waals surface area contributed by atoms with E-state index in [0.29, 0.717) is 22.9 Å². The number of aryl methyl sites for hydroxylation is 1. The minimum atomic E-state index is -0.252. The van der Waals surface area contributed by atoms with E-state index >= 15 is 0 Å². The van der Waals surface area contributed by atoms with Crippen molar-refractivity contribution in [3.05, 3.63) is 39.6 Å². The highest BCUT2D eigenvalue weighted by atomic mass is 16.2. The summed E-state index contributed by atoms with van der Waals surface area (Å²) in [6.07, 6.45) is 1.47. The van der Waals surface area contributed by atoms with Gasteiger partial charge in [0.1, 0.15) is 0 Å². The molecular formula is C12H15N5O2. The molecule has 19 heavy (non-hydrogen) atoms. The third-order valence-corrected chi connectivity index (χ3v) is 2.70. The lowest BCUT2D eigenvalue weighted by atomic mass is 10.2. The normalized spacial score (nSPS) is 10.5. The molecule has 0 unspecified atom stereocenters. The second kappa shape index (κ2) is 4.68. The van der Waals surface area contributed by atoms with Gasteiger partial charge in [0, 0.05) is 25.9 Å². The molecule has 0 radical (unpaired) electrons. The minimum Gasteiger partial charge on any atom is -0.345 e. The summed E-state index contributed by atoms with van der Waals surface area (Å²) in [7, 11) is 3.35. The van der Waals surface area contributed by atoms with Gasteiger partial charge < -0.3 is 4.90 Å². The molecule has 0 atom stereocenters. The van der Waals surface area contributed by atoms with Crippen LogP contribution >= 0.6 is 0 Å². The smallest absolute Gasteiger partial charge is 0.256 e. The van der Waals surface area contributed by atoms with E-state index in [4.69, 9.17) is 0 Å². The molecule has 0 aliphatic carbocycles. The molecule has 100 valence electrons. The van der Waals surface area contributed by atoms with Crippen molar-refractivity contribution in [3.63, 3.8) is 0 Å². The molecule has 2 aromatic rings. The Labute approximate surface area is 109 Å². The van der Waals surface area contributed by atoms with E-state index in [1.165, 1.54) is 21.8 Å². The van der Waals surface area contributed by atoms with Crippen LogP contribution in [0.25, 0.3) is 5.95 Å². The number of amides is 1. The summed E-state index contributed by atoms with van der Waals surface area (Å²) in [6, 6.07) is 1.40. The summed E-state index contributed by atoms with van der Waals surface area (Å²) in [5.74, 6) is 0.166. The minimum absolute atomic E-state index is 0.140.